The van der Waals surface area contributed by atoms with Crippen molar-refractivity contribution in [3.63, 3.8) is 0 Å². The van der Waals surface area contributed by atoms with Crippen LogP contribution in [0.15, 0.2) is 17.4 Å². The van der Waals surface area contributed by atoms with Crippen molar-refractivity contribution in [3.8, 4) is 0 Å². The molecule has 22 heavy (non-hydrogen) atoms. The molecule has 1 saturated heterocycles. The lowest BCUT2D eigenvalue weighted by Gasteiger charge is -2.20. The minimum absolute atomic E-state index is 0.493. The van der Waals surface area contributed by atoms with Gasteiger partial charge in [0.2, 0.25) is 0 Å². The Morgan fingerprint density at radius 2 is 2.23 bits per heavy atom. The highest BCUT2D eigenvalue weighted by molar-refractivity contribution is 5.80. The summed E-state index contributed by atoms with van der Waals surface area (Å²) in [6.45, 7) is 8.34. The normalized spacial score (nSPS) is 26.4. The number of rotatable bonds is 5. The fourth-order valence-electron chi connectivity index (χ4n) is 3.15. The van der Waals surface area contributed by atoms with Gasteiger partial charge < -0.3 is 10.6 Å². The highest BCUT2D eigenvalue weighted by Crippen LogP contribution is 2.31. The van der Waals surface area contributed by atoms with Gasteiger partial charge in [-0.1, -0.05) is 6.92 Å². The molecule has 2 heterocycles. The van der Waals surface area contributed by atoms with E-state index >= 15 is 0 Å². The third kappa shape index (κ3) is 3.80. The Hall–Kier alpha value is -1.56. The minimum Gasteiger partial charge on any atom is -0.357 e. The lowest BCUT2D eigenvalue weighted by Crippen LogP contribution is -2.46. The van der Waals surface area contributed by atoms with Crippen molar-refractivity contribution in [1.82, 2.24) is 25.3 Å². The Balaban J connectivity index is 1.58. The highest BCUT2D eigenvalue weighted by Gasteiger charge is 2.38. The molecule has 0 bridgehead atoms. The van der Waals surface area contributed by atoms with Crippen LogP contribution in [-0.4, -0.2) is 52.4 Å². The van der Waals surface area contributed by atoms with Crippen molar-refractivity contribution in [2.75, 3.05) is 19.6 Å². The molecule has 1 saturated carbocycles. The second-order valence-electron chi connectivity index (χ2n) is 6.63. The molecule has 0 spiro atoms. The zero-order chi connectivity index (χ0) is 15.5. The van der Waals surface area contributed by atoms with Crippen LogP contribution in [0.3, 0.4) is 0 Å². The molecule has 2 N–H and O–H groups in total. The van der Waals surface area contributed by atoms with Gasteiger partial charge in [0.25, 0.3) is 0 Å². The summed E-state index contributed by atoms with van der Waals surface area (Å²) in [5.74, 6) is 1.59. The van der Waals surface area contributed by atoms with Crippen molar-refractivity contribution in [1.29, 1.82) is 0 Å². The summed E-state index contributed by atoms with van der Waals surface area (Å²) in [6, 6.07) is 1.34. The molecule has 0 radical (unpaired) electrons. The standard InChI is InChI=1S/C16H28N6/c1-4-17-16(18-7-13-8-19-21(3)10-13)20-15-11-22(9-12(15)2)14-5-6-14/h8,10,12,14-15H,4-7,9,11H2,1-3H3,(H2,17,18,20). The molecule has 1 aromatic rings. The summed E-state index contributed by atoms with van der Waals surface area (Å²) in [6.07, 6.45) is 6.66. The van der Waals surface area contributed by atoms with Gasteiger partial charge in [-0.25, -0.2) is 4.99 Å². The monoisotopic (exact) mass is 304 g/mol. The number of likely N-dealkylation sites (tertiary alicyclic amines) is 1. The van der Waals surface area contributed by atoms with Crippen LogP contribution < -0.4 is 10.6 Å². The number of aromatic nitrogens is 2. The molecule has 2 fully saturated rings. The molecule has 6 nitrogen and oxygen atoms in total. The summed E-state index contributed by atoms with van der Waals surface area (Å²) >= 11 is 0. The van der Waals surface area contributed by atoms with Gasteiger partial charge in [-0.3, -0.25) is 9.58 Å². The second-order valence-corrected chi connectivity index (χ2v) is 6.63. The number of hydrogen-bond acceptors (Lipinski definition) is 3. The zero-order valence-electron chi connectivity index (χ0n) is 13.9. The van der Waals surface area contributed by atoms with Gasteiger partial charge in [0.05, 0.1) is 12.7 Å². The van der Waals surface area contributed by atoms with Crippen molar-refractivity contribution < 1.29 is 0 Å². The van der Waals surface area contributed by atoms with Crippen LogP contribution in [0.25, 0.3) is 0 Å². The summed E-state index contributed by atoms with van der Waals surface area (Å²) < 4.78 is 1.82. The third-order valence-electron chi connectivity index (χ3n) is 4.55. The van der Waals surface area contributed by atoms with Crippen LogP contribution in [0, 0.1) is 5.92 Å². The van der Waals surface area contributed by atoms with E-state index < -0.39 is 0 Å². The minimum atomic E-state index is 0.493. The maximum Gasteiger partial charge on any atom is 0.191 e. The van der Waals surface area contributed by atoms with E-state index in [1.165, 1.54) is 19.4 Å². The number of aryl methyl sites for hydroxylation is 1. The van der Waals surface area contributed by atoms with E-state index in [-0.39, 0.29) is 0 Å². The molecule has 1 aliphatic carbocycles. The Kier molecular flexibility index (Phi) is 4.66. The van der Waals surface area contributed by atoms with E-state index in [0.717, 1.165) is 30.7 Å². The van der Waals surface area contributed by atoms with Crippen molar-refractivity contribution >= 4 is 5.96 Å². The molecule has 2 unspecified atom stereocenters. The Morgan fingerprint density at radius 1 is 1.41 bits per heavy atom. The molecule has 2 aliphatic rings. The second kappa shape index (κ2) is 6.69. The first kappa shape index (κ1) is 15.3. The number of aliphatic imine (C=N–C) groups is 1. The van der Waals surface area contributed by atoms with Gasteiger partial charge in [0.1, 0.15) is 0 Å². The van der Waals surface area contributed by atoms with Gasteiger partial charge >= 0.3 is 0 Å². The number of guanidine groups is 1. The molecule has 2 atom stereocenters. The molecule has 6 heteroatoms. The van der Waals surface area contributed by atoms with Crippen molar-refractivity contribution in [3.05, 3.63) is 18.0 Å². The van der Waals surface area contributed by atoms with Gasteiger partial charge in [0, 0.05) is 50.5 Å². The first-order valence-electron chi connectivity index (χ1n) is 8.42. The molecular weight excluding hydrogens is 276 g/mol. The average molecular weight is 304 g/mol. The third-order valence-corrected chi connectivity index (χ3v) is 4.55. The van der Waals surface area contributed by atoms with E-state index in [1.807, 2.05) is 24.1 Å². The van der Waals surface area contributed by atoms with Gasteiger partial charge in [0.15, 0.2) is 5.96 Å². The number of hydrogen-bond donors (Lipinski definition) is 2. The van der Waals surface area contributed by atoms with E-state index in [4.69, 9.17) is 4.99 Å². The maximum atomic E-state index is 4.70. The number of nitrogens with one attached hydrogen (secondary N) is 2. The van der Waals surface area contributed by atoms with Gasteiger partial charge in [-0.05, 0) is 25.7 Å². The summed E-state index contributed by atoms with van der Waals surface area (Å²) in [7, 11) is 1.93. The van der Waals surface area contributed by atoms with E-state index in [2.05, 4.69) is 34.5 Å². The van der Waals surface area contributed by atoms with Crippen LogP contribution in [0.2, 0.25) is 0 Å². The largest absolute Gasteiger partial charge is 0.357 e. The van der Waals surface area contributed by atoms with Crippen molar-refractivity contribution in [2.24, 2.45) is 18.0 Å². The molecule has 122 valence electrons. The zero-order valence-corrected chi connectivity index (χ0v) is 13.9. The predicted octanol–water partition coefficient (Wildman–Crippen LogP) is 0.958. The highest BCUT2D eigenvalue weighted by atomic mass is 15.3. The van der Waals surface area contributed by atoms with E-state index in [1.54, 1.807) is 0 Å². The summed E-state index contributed by atoms with van der Waals surface area (Å²) in [5, 5.41) is 11.2. The topological polar surface area (TPSA) is 57.5 Å². The summed E-state index contributed by atoms with van der Waals surface area (Å²) in [5.41, 5.74) is 1.14. The summed E-state index contributed by atoms with van der Waals surface area (Å²) in [4.78, 5) is 7.34. The van der Waals surface area contributed by atoms with Crippen LogP contribution in [-0.2, 0) is 13.6 Å². The number of nitrogens with zero attached hydrogens (tertiary/aromatic N) is 4. The maximum absolute atomic E-state index is 4.70. The average Bonchev–Trinajstić information content (AvgIpc) is 3.16. The van der Waals surface area contributed by atoms with Gasteiger partial charge in [-0.15, -0.1) is 0 Å². The molecule has 0 amide bonds. The fourth-order valence-corrected chi connectivity index (χ4v) is 3.15. The van der Waals surface area contributed by atoms with Crippen LogP contribution in [0.5, 0.6) is 0 Å². The fraction of sp³-hybridized carbons (Fsp3) is 0.750. The lowest BCUT2D eigenvalue weighted by atomic mass is 10.1. The lowest BCUT2D eigenvalue weighted by molar-refractivity contribution is 0.315. The quantitative estimate of drug-likeness (QED) is 0.628. The Labute approximate surface area is 133 Å². The van der Waals surface area contributed by atoms with E-state index in [9.17, 15) is 0 Å². The Bertz CT molecular complexity index is 518. The predicted molar refractivity (Wildman–Crippen MR) is 88.7 cm³/mol. The molecule has 0 aromatic carbocycles. The molecule has 3 rings (SSSR count). The Morgan fingerprint density at radius 3 is 2.86 bits per heavy atom. The van der Waals surface area contributed by atoms with Crippen LogP contribution >= 0.6 is 0 Å². The first-order valence-corrected chi connectivity index (χ1v) is 8.42. The molecule has 1 aromatic heterocycles. The van der Waals surface area contributed by atoms with Crippen LogP contribution in [0.1, 0.15) is 32.3 Å². The first-order chi connectivity index (χ1) is 10.7. The molecular formula is C16H28N6. The van der Waals surface area contributed by atoms with Gasteiger partial charge in [-0.2, -0.15) is 5.10 Å². The SMILES string of the molecule is CCNC(=NCc1cnn(C)c1)NC1CN(C2CC2)CC1C. The van der Waals surface area contributed by atoms with Crippen molar-refractivity contribution in [2.45, 2.75) is 45.3 Å². The smallest absolute Gasteiger partial charge is 0.191 e. The van der Waals surface area contributed by atoms with E-state index in [0.29, 0.717) is 18.5 Å². The molecule has 1 aliphatic heterocycles. The van der Waals surface area contributed by atoms with Crippen LogP contribution in [0.4, 0.5) is 0 Å².